The lowest BCUT2D eigenvalue weighted by Crippen LogP contribution is -2.34. The Hall–Kier alpha value is -2.49. The third kappa shape index (κ3) is 8.28. The average molecular weight is 508 g/mol. The maximum Gasteiger partial charge on any atom is 0.261 e. The van der Waals surface area contributed by atoms with Crippen molar-refractivity contribution in [2.45, 2.75) is 19.8 Å². The van der Waals surface area contributed by atoms with Gasteiger partial charge in [0.15, 0.2) is 5.11 Å². The lowest BCUT2D eigenvalue weighted by atomic mass is 10.2. The quantitative estimate of drug-likeness (QED) is 0.331. The van der Waals surface area contributed by atoms with Gasteiger partial charge in [-0.1, -0.05) is 29.3 Å². The summed E-state index contributed by atoms with van der Waals surface area (Å²) in [5.74, 6) is -0.0648. The molecule has 0 aromatic heterocycles. The molecule has 7 nitrogen and oxygen atoms in total. The van der Waals surface area contributed by atoms with E-state index in [4.69, 9.17) is 21.7 Å². The van der Waals surface area contributed by atoms with Crippen LogP contribution in [0.3, 0.4) is 0 Å². The lowest BCUT2D eigenvalue weighted by Gasteiger charge is -2.13. The van der Waals surface area contributed by atoms with E-state index < -0.39 is 0 Å². The molecule has 0 bridgehead atoms. The molecule has 2 aromatic carbocycles. The molecule has 9 heteroatoms. The van der Waals surface area contributed by atoms with Crippen molar-refractivity contribution < 1.29 is 19.1 Å². The van der Waals surface area contributed by atoms with Crippen molar-refractivity contribution in [1.82, 2.24) is 10.6 Å². The number of carbonyl (C=O) groups excluding carboxylic acids is 2. The van der Waals surface area contributed by atoms with Gasteiger partial charge < -0.3 is 20.1 Å². The summed E-state index contributed by atoms with van der Waals surface area (Å²) in [6.45, 7) is 3.49. The number of thiocarbonyl (C=S) groups is 1. The average Bonchev–Trinajstić information content (AvgIpc) is 2.75. The molecule has 3 N–H and O–H groups in total. The number of unbranched alkanes of at least 4 members (excludes halogenated alkanes) is 1. The number of hydrogen-bond donors (Lipinski definition) is 3. The van der Waals surface area contributed by atoms with Gasteiger partial charge in [0.1, 0.15) is 5.75 Å². The van der Waals surface area contributed by atoms with E-state index in [9.17, 15) is 9.59 Å². The van der Waals surface area contributed by atoms with Crippen molar-refractivity contribution in [3.63, 3.8) is 0 Å². The third-order valence-electron chi connectivity index (χ3n) is 4.17. The number of nitrogens with one attached hydrogen (secondary N) is 3. The Labute approximate surface area is 196 Å². The number of benzene rings is 2. The fourth-order valence-corrected chi connectivity index (χ4v) is 3.11. The van der Waals surface area contributed by atoms with E-state index >= 15 is 0 Å². The predicted molar refractivity (Wildman–Crippen MR) is 129 cm³/mol. The molecule has 166 valence electrons. The van der Waals surface area contributed by atoms with Crippen LogP contribution in [0.15, 0.2) is 46.9 Å². The van der Waals surface area contributed by atoms with Gasteiger partial charge in [-0.05, 0) is 61.1 Å². The van der Waals surface area contributed by atoms with Crippen LogP contribution < -0.4 is 20.7 Å². The first-order chi connectivity index (χ1) is 14.9. The summed E-state index contributed by atoms with van der Waals surface area (Å²) in [4.78, 5) is 24.7. The second-order valence-electron chi connectivity index (χ2n) is 6.58. The van der Waals surface area contributed by atoms with Crippen molar-refractivity contribution in [2.75, 3.05) is 32.2 Å². The van der Waals surface area contributed by atoms with E-state index in [1.807, 2.05) is 6.07 Å². The number of carbonyl (C=O) groups is 2. The molecule has 2 amide bonds. The molecule has 0 fully saturated rings. The Bertz CT molecular complexity index is 906. The van der Waals surface area contributed by atoms with Gasteiger partial charge >= 0.3 is 0 Å². The second-order valence-corrected chi connectivity index (χ2v) is 7.90. The topological polar surface area (TPSA) is 88.7 Å². The van der Waals surface area contributed by atoms with E-state index in [-0.39, 0.29) is 16.9 Å². The lowest BCUT2D eigenvalue weighted by molar-refractivity contribution is 0.0935. The fraction of sp³-hybridized carbons (Fsp3) is 0.318. The molecule has 0 saturated heterocycles. The van der Waals surface area contributed by atoms with E-state index in [0.717, 1.165) is 17.3 Å². The number of ether oxygens (including phenoxy) is 2. The minimum Gasteiger partial charge on any atom is -0.493 e. The number of hydrogen-bond acceptors (Lipinski definition) is 5. The van der Waals surface area contributed by atoms with Crippen LogP contribution in [0, 0.1) is 0 Å². The molecule has 0 unspecified atom stereocenters. The number of methoxy groups -OCH3 is 1. The molecule has 2 rings (SSSR count). The highest BCUT2D eigenvalue weighted by Crippen LogP contribution is 2.23. The predicted octanol–water partition coefficient (Wildman–Crippen LogP) is 4.13. The summed E-state index contributed by atoms with van der Waals surface area (Å²) in [5, 5.41) is 8.49. The minimum absolute atomic E-state index is 0.141. The van der Waals surface area contributed by atoms with Gasteiger partial charge in [0.2, 0.25) is 0 Å². The molecule has 0 atom stereocenters. The minimum atomic E-state index is -0.376. The maximum atomic E-state index is 12.7. The van der Waals surface area contributed by atoms with Crippen molar-refractivity contribution in [2.24, 2.45) is 0 Å². The van der Waals surface area contributed by atoms with Gasteiger partial charge in [0.25, 0.3) is 11.8 Å². The number of anilines is 1. The summed E-state index contributed by atoms with van der Waals surface area (Å²) in [6, 6.07) is 12.0. The molecular weight excluding hydrogens is 482 g/mol. The van der Waals surface area contributed by atoms with Gasteiger partial charge in [0.05, 0.1) is 18.8 Å². The van der Waals surface area contributed by atoms with Crippen LogP contribution in [-0.2, 0) is 4.74 Å². The fourth-order valence-electron chi connectivity index (χ4n) is 2.54. The van der Waals surface area contributed by atoms with Crippen LogP contribution >= 0.6 is 28.1 Å². The summed E-state index contributed by atoms with van der Waals surface area (Å²) in [5.41, 5.74) is 1.55. The first-order valence-corrected chi connectivity index (χ1v) is 11.1. The van der Waals surface area contributed by atoms with E-state index in [1.54, 1.807) is 43.5 Å². The molecule has 0 aliphatic rings. The molecule has 0 saturated carbocycles. The molecule has 2 aromatic rings. The standard InChI is InChI=1S/C22H26BrN3O4S/c1-3-4-12-30-19-10-7-16(23)14-18(19)21(28)26-22(31)25-17-8-5-15(6-9-17)20(27)24-11-13-29-2/h5-10,14H,3-4,11-13H2,1-2H3,(H,24,27)(H2,25,26,28,31). The first-order valence-electron chi connectivity index (χ1n) is 9.86. The highest BCUT2D eigenvalue weighted by atomic mass is 79.9. The van der Waals surface area contributed by atoms with Crippen molar-refractivity contribution >= 4 is 50.8 Å². The second kappa shape index (κ2) is 13.0. The van der Waals surface area contributed by atoms with Crippen LogP contribution in [0.2, 0.25) is 0 Å². The monoisotopic (exact) mass is 507 g/mol. The zero-order chi connectivity index (χ0) is 22.6. The van der Waals surface area contributed by atoms with Crippen molar-refractivity contribution in [3.8, 4) is 5.75 Å². The summed E-state index contributed by atoms with van der Waals surface area (Å²) < 4.78 is 11.4. The Morgan fingerprint density at radius 2 is 1.81 bits per heavy atom. The van der Waals surface area contributed by atoms with Crippen LogP contribution in [0.5, 0.6) is 5.75 Å². The highest BCUT2D eigenvalue weighted by molar-refractivity contribution is 9.10. The Kier molecular flexibility index (Phi) is 10.4. The third-order valence-corrected chi connectivity index (χ3v) is 4.86. The Morgan fingerprint density at radius 3 is 2.48 bits per heavy atom. The van der Waals surface area contributed by atoms with Gasteiger partial charge in [0, 0.05) is 29.4 Å². The van der Waals surface area contributed by atoms with Crippen LogP contribution in [0.4, 0.5) is 5.69 Å². The van der Waals surface area contributed by atoms with Gasteiger partial charge in [-0.15, -0.1) is 0 Å². The summed E-state index contributed by atoms with van der Waals surface area (Å²) >= 11 is 8.64. The number of amides is 2. The molecule has 0 spiro atoms. The van der Waals surface area contributed by atoms with Gasteiger partial charge in [-0.25, -0.2) is 0 Å². The molecule has 0 heterocycles. The zero-order valence-corrected chi connectivity index (χ0v) is 19.9. The van der Waals surface area contributed by atoms with Gasteiger partial charge in [-0.2, -0.15) is 0 Å². The van der Waals surface area contributed by atoms with Crippen LogP contribution in [-0.4, -0.2) is 43.8 Å². The molecular formula is C22H26BrN3O4S. The maximum absolute atomic E-state index is 12.7. The molecule has 0 aliphatic carbocycles. The Balaban J connectivity index is 1.96. The summed E-state index contributed by atoms with van der Waals surface area (Å²) in [7, 11) is 1.57. The van der Waals surface area contributed by atoms with Crippen molar-refractivity contribution in [3.05, 3.63) is 58.1 Å². The van der Waals surface area contributed by atoms with Crippen molar-refractivity contribution in [1.29, 1.82) is 0 Å². The summed E-state index contributed by atoms with van der Waals surface area (Å²) in [6.07, 6.45) is 1.90. The first kappa shape index (κ1) is 24.8. The molecule has 0 radical (unpaired) electrons. The molecule has 0 aliphatic heterocycles. The van der Waals surface area contributed by atoms with Gasteiger partial charge in [-0.3, -0.25) is 14.9 Å². The van der Waals surface area contributed by atoms with Crippen LogP contribution in [0.25, 0.3) is 0 Å². The highest BCUT2D eigenvalue weighted by Gasteiger charge is 2.15. The van der Waals surface area contributed by atoms with E-state index in [1.165, 1.54) is 0 Å². The van der Waals surface area contributed by atoms with Crippen LogP contribution in [0.1, 0.15) is 40.5 Å². The normalized spacial score (nSPS) is 10.3. The smallest absolute Gasteiger partial charge is 0.261 e. The largest absolute Gasteiger partial charge is 0.493 e. The number of halogens is 1. The van der Waals surface area contributed by atoms with E-state index in [0.29, 0.717) is 42.3 Å². The molecule has 31 heavy (non-hydrogen) atoms. The SMILES string of the molecule is CCCCOc1ccc(Br)cc1C(=O)NC(=S)Nc1ccc(C(=O)NCCOC)cc1. The Morgan fingerprint density at radius 1 is 1.06 bits per heavy atom. The number of rotatable bonds is 10. The zero-order valence-electron chi connectivity index (χ0n) is 17.5. The van der Waals surface area contributed by atoms with E-state index in [2.05, 4.69) is 38.8 Å².